The molecule has 0 bridgehead atoms. The first-order chi connectivity index (χ1) is 13.2. The topological polar surface area (TPSA) is 59.1 Å². The molecule has 0 aliphatic carbocycles. The first kappa shape index (κ1) is 18.4. The Morgan fingerprint density at radius 3 is 2.59 bits per heavy atom. The molecule has 1 spiro atoms. The van der Waals surface area contributed by atoms with E-state index in [1.165, 1.54) is 0 Å². The van der Waals surface area contributed by atoms with Crippen LogP contribution >= 0.6 is 0 Å². The molecule has 0 saturated carbocycles. The van der Waals surface area contributed by atoms with Gasteiger partial charge in [0.1, 0.15) is 0 Å². The van der Waals surface area contributed by atoms with Crippen molar-refractivity contribution >= 4 is 11.8 Å². The maximum atomic E-state index is 13.1. The number of rotatable bonds is 3. The monoisotopic (exact) mass is 372 g/mol. The minimum atomic E-state index is -0.412. The summed E-state index contributed by atoms with van der Waals surface area (Å²) in [5.41, 5.74) is 0.700. The maximum absolute atomic E-state index is 13.1. The normalized spacial score (nSPS) is 27.2. The molecule has 0 aromatic heterocycles. The average Bonchev–Trinajstić information content (AvgIpc) is 3.14. The zero-order chi connectivity index (χ0) is 18.7. The number of carbonyl (C=O) groups is 2. The fraction of sp³-hybridized carbons (Fsp3) is 0.619. The molecule has 0 radical (unpaired) electrons. The van der Waals surface area contributed by atoms with Crippen molar-refractivity contribution in [1.82, 2.24) is 9.80 Å². The minimum absolute atomic E-state index is 0.0221. The molecule has 2 amide bonds. The molecule has 1 unspecified atom stereocenters. The summed E-state index contributed by atoms with van der Waals surface area (Å²) in [4.78, 5) is 30.1. The number of ether oxygens (including phenoxy) is 2. The zero-order valence-corrected chi connectivity index (χ0v) is 15.8. The van der Waals surface area contributed by atoms with Crippen LogP contribution in [-0.4, -0.2) is 66.7 Å². The van der Waals surface area contributed by atoms with Gasteiger partial charge in [0.2, 0.25) is 11.8 Å². The summed E-state index contributed by atoms with van der Waals surface area (Å²) in [6, 6.07) is 10.1. The van der Waals surface area contributed by atoms with E-state index in [0.717, 1.165) is 24.8 Å². The second-order valence-corrected chi connectivity index (χ2v) is 7.89. The molecular formula is C21H28N2O4. The highest BCUT2D eigenvalue weighted by molar-refractivity contribution is 5.82. The van der Waals surface area contributed by atoms with Crippen molar-refractivity contribution < 1.29 is 19.1 Å². The molecule has 3 saturated heterocycles. The van der Waals surface area contributed by atoms with Gasteiger partial charge in [-0.3, -0.25) is 9.59 Å². The second kappa shape index (κ2) is 7.98. The molecule has 27 heavy (non-hydrogen) atoms. The summed E-state index contributed by atoms with van der Waals surface area (Å²) < 4.78 is 11.1. The van der Waals surface area contributed by atoms with Crippen LogP contribution in [0.15, 0.2) is 30.3 Å². The van der Waals surface area contributed by atoms with Gasteiger partial charge in [-0.15, -0.1) is 0 Å². The van der Waals surface area contributed by atoms with Gasteiger partial charge in [0.25, 0.3) is 0 Å². The van der Waals surface area contributed by atoms with Gasteiger partial charge in [0.15, 0.2) is 0 Å². The number of nitrogens with zero attached hydrogens (tertiary/aromatic N) is 2. The molecule has 1 aromatic rings. The van der Waals surface area contributed by atoms with Crippen molar-refractivity contribution in [2.45, 2.75) is 37.8 Å². The molecule has 3 fully saturated rings. The Morgan fingerprint density at radius 2 is 1.89 bits per heavy atom. The summed E-state index contributed by atoms with van der Waals surface area (Å²) in [6.07, 6.45) is 2.72. The molecule has 4 rings (SSSR count). The minimum Gasteiger partial charge on any atom is -0.381 e. The molecule has 0 N–H and O–H groups in total. The Balaban J connectivity index is 1.56. The van der Waals surface area contributed by atoms with Gasteiger partial charge >= 0.3 is 0 Å². The summed E-state index contributed by atoms with van der Waals surface area (Å²) in [6.45, 7) is 4.09. The quantitative estimate of drug-likeness (QED) is 0.812. The van der Waals surface area contributed by atoms with Crippen LogP contribution < -0.4 is 0 Å². The molecule has 146 valence electrons. The van der Waals surface area contributed by atoms with Gasteiger partial charge in [-0.1, -0.05) is 30.3 Å². The average molecular weight is 372 g/mol. The molecule has 3 aliphatic rings. The van der Waals surface area contributed by atoms with Crippen LogP contribution in [0.1, 0.15) is 31.2 Å². The van der Waals surface area contributed by atoms with E-state index in [1.807, 2.05) is 40.1 Å². The largest absolute Gasteiger partial charge is 0.381 e. The third kappa shape index (κ3) is 3.87. The standard InChI is InChI=1S/C21H28N2O4/c24-19-6-10-22(20(25)18-7-11-26-12-8-18)15-21(9-13-27-16-21)23(19)14-17-4-2-1-3-5-17/h1-5,18H,6-16H2. The fourth-order valence-electron chi connectivity index (χ4n) is 4.50. The second-order valence-electron chi connectivity index (χ2n) is 7.89. The Kier molecular flexibility index (Phi) is 5.45. The summed E-state index contributed by atoms with van der Waals surface area (Å²) in [5.74, 6) is 0.319. The Hall–Kier alpha value is -1.92. The van der Waals surface area contributed by atoms with Crippen LogP contribution in [0.2, 0.25) is 0 Å². The molecule has 3 heterocycles. The SMILES string of the molecule is O=C(C1CCOCC1)N1CCC(=O)N(Cc2ccccc2)C2(CCOC2)C1. The molecule has 1 aromatic carbocycles. The van der Waals surface area contributed by atoms with Crippen molar-refractivity contribution in [3.63, 3.8) is 0 Å². The number of hydrogen-bond donors (Lipinski definition) is 0. The Bertz CT molecular complexity index is 666. The predicted molar refractivity (Wildman–Crippen MR) is 99.9 cm³/mol. The lowest BCUT2D eigenvalue weighted by Gasteiger charge is -2.41. The highest BCUT2D eigenvalue weighted by atomic mass is 16.5. The zero-order valence-electron chi connectivity index (χ0n) is 15.8. The number of hydrogen-bond acceptors (Lipinski definition) is 4. The van der Waals surface area contributed by atoms with Crippen LogP contribution in [0.3, 0.4) is 0 Å². The van der Waals surface area contributed by atoms with Crippen molar-refractivity contribution in [3.8, 4) is 0 Å². The maximum Gasteiger partial charge on any atom is 0.225 e. The number of benzene rings is 1. The molecule has 3 aliphatic heterocycles. The number of carbonyl (C=O) groups excluding carboxylic acids is 2. The van der Waals surface area contributed by atoms with E-state index in [2.05, 4.69) is 0 Å². The van der Waals surface area contributed by atoms with E-state index in [0.29, 0.717) is 52.5 Å². The van der Waals surface area contributed by atoms with E-state index in [-0.39, 0.29) is 17.7 Å². The first-order valence-corrected chi connectivity index (χ1v) is 9.97. The highest BCUT2D eigenvalue weighted by Crippen LogP contribution is 2.33. The van der Waals surface area contributed by atoms with E-state index >= 15 is 0 Å². The Morgan fingerprint density at radius 1 is 1.11 bits per heavy atom. The van der Waals surface area contributed by atoms with Crippen LogP contribution in [0.4, 0.5) is 0 Å². The third-order valence-electron chi connectivity index (χ3n) is 6.10. The van der Waals surface area contributed by atoms with E-state index in [4.69, 9.17) is 9.47 Å². The lowest BCUT2D eigenvalue weighted by atomic mass is 9.93. The molecule has 6 nitrogen and oxygen atoms in total. The Labute approximate surface area is 160 Å². The van der Waals surface area contributed by atoms with Crippen molar-refractivity contribution in [2.75, 3.05) is 39.5 Å². The van der Waals surface area contributed by atoms with Crippen molar-refractivity contribution in [2.24, 2.45) is 5.92 Å². The highest BCUT2D eigenvalue weighted by Gasteiger charge is 2.47. The van der Waals surface area contributed by atoms with Gasteiger partial charge in [-0.05, 0) is 24.8 Å². The summed E-state index contributed by atoms with van der Waals surface area (Å²) >= 11 is 0. The summed E-state index contributed by atoms with van der Waals surface area (Å²) in [5, 5.41) is 0. The van der Waals surface area contributed by atoms with E-state index < -0.39 is 5.54 Å². The van der Waals surface area contributed by atoms with Gasteiger partial charge in [0.05, 0.1) is 12.1 Å². The van der Waals surface area contributed by atoms with Gasteiger partial charge in [0, 0.05) is 51.8 Å². The molecular weight excluding hydrogens is 344 g/mol. The first-order valence-electron chi connectivity index (χ1n) is 9.97. The lowest BCUT2D eigenvalue weighted by Crippen LogP contribution is -2.57. The number of amides is 2. The molecule has 6 heteroatoms. The molecule has 1 atom stereocenters. The predicted octanol–water partition coefficient (Wildman–Crippen LogP) is 1.83. The smallest absolute Gasteiger partial charge is 0.225 e. The third-order valence-corrected chi connectivity index (χ3v) is 6.10. The van der Waals surface area contributed by atoms with E-state index in [1.54, 1.807) is 0 Å². The fourth-order valence-corrected chi connectivity index (χ4v) is 4.50. The summed E-state index contributed by atoms with van der Waals surface area (Å²) in [7, 11) is 0. The van der Waals surface area contributed by atoms with Crippen LogP contribution in [-0.2, 0) is 25.6 Å². The van der Waals surface area contributed by atoms with Crippen LogP contribution in [0.25, 0.3) is 0 Å². The van der Waals surface area contributed by atoms with Gasteiger partial charge < -0.3 is 19.3 Å². The van der Waals surface area contributed by atoms with Crippen LogP contribution in [0, 0.1) is 5.92 Å². The van der Waals surface area contributed by atoms with Crippen molar-refractivity contribution in [3.05, 3.63) is 35.9 Å². The van der Waals surface area contributed by atoms with Crippen LogP contribution in [0.5, 0.6) is 0 Å². The van der Waals surface area contributed by atoms with Crippen molar-refractivity contribution in [1.29, 1.82) is 0 Å². The van der Waals surface area contributed by atoms with Gasteiger partial charge in [-0.2, -0.15) is 0 Å². The lowest BCUT2D eigenvalue weighted by molar-refractivity contribution is -0.141. The van der Waals surface area contributed by atoms with Gasteiger partial charge in [-0.25, -0.2) is 0 Å². The van der Waals surface area contributed by atoms with E-state index in [9.17, 15) is 9.59 Å².